The number of rotatable bonds is 2. The van der Waals surface area contributed by atoms with Crippen LogP contribution in [0.25, 0.3) is 0 Å². The second-order valence-electron chi connectivity index (χ2n) is 5.74. The Morgan fingerprint density at radius 3 is 2.65 bits per heavy atom. The van der Waals surface area contributed by atoms with E-state index in [4.69, 9.17) is 0 Å². The molecule has 0 aromatic rings. The molecule has 1 aliphatic heterocycles. The molecule has 1 heterocycles. The van der Waals surface area contributed by atoms with Crippen molar-refractivity contribution in [2.45, 2.75) is 40.0 Å². The fraction of sp³-hybridized carbons (Fsp3) is 0.846. The Bertz CT molecular complexity index is 282. The van der Waals surface area contributed by atoms with Crippen LogP contribution in [0.3, 0.4) is 0 Å². The lowest BCUT2D eigenvalue weighted by Gasteiger charge is -2.29. The number of carbonyl (C=O) groups excluding carboxylic acids is 1. The molecule has 1 unspecified atom stereocenters. The molecular weight excluding hydrogens is 216 g/mol. The maximum Gasteiger partial charge on any atom is 0.268 e. The lowest BCUT2D eigenvalue weighted by molar-refractivity contribution is -0.123. The number of amides is 1. The first-order valence-electron chi connectivity index (χ1n) is 6.30. The molecule has 1 atom stereocenters. The van der Waals surface area contributed by atoms with E-state index in [2.05, 4.69) is 30.8 Å². The number of nitrogens with zero attached hydrogens (tertiary/aromatic N) is 2. The molecular formula is C13H24N2O2. The molecule has 0 aromatic heterocycles. The third-order valence-corrected chi connectivity index (χ3v) is 3.53. The summed E-state index contributed by atoms with van der Waals surface area (Å²) in [5.41, 5.74) is 0.333. The highest BCUT2D eigenvalue weighted by molar-refractivity contribution is 6.25. The van der Waals surface area contributed by atoms with Gasteiger partial charge in [0.1, 0.15) is 13.3 Å². The molecule has 0 spiro atoms. The first-order valence-corrected chi connectivity index (χ1v) is 6.30. The van der Waals surface area contributed by atoms with E-state index in [0.717, 1.165) is 25.9 Å². The van der Waals surface area contributed by atoms with E-state index in [1.807, 2.05) is 4.90 Å². The van der Waals surface area contributed by atoms with Gasteiger partial charge in [-0.3, -0.25) is 4.79 Å². The summed E-state index contributed by atoms with van der Waals surface area (Å²) in [6, 6.07) is 0. The summed E-state index contributed by atoms with van der Waals surface area (Å²) < 4.78 is 0. The minimum atomic E-state index is -0.0404. The molecule has 0 saturated carbocycles. The molecule has 1 amide bonds. The Kier molecular flexibility index (Phi) is 4.97. The summed E-state index contributed by atoms with van der Waals surface area (Å²) >= 11 is 0. The summed E-state index contributed by atoms with van der Waals surface area (Å²) in [6.45, 7) is 8.50. The van der Waals surface area contributed by atoms with Crippen molar-refractivity contribution in [3.8, 4) is 0 Å². The second-order valence-corrected chi connectivity index (χ2v) is 5.74. The average molecular weight is 240 g/mol. The van der Waals surface area contributed by atoms with Crippen LogP contribution in [0, 0.1) is 11.3 Å². The fourth-order valence-corrected chi connectivity index (χ4v) is 2.36. The molecule has 98 valence electrons. The number of hydrogen-bond acceptors (Lipinski definition) is 3. The molecule has 1 rings (SSSR count). The monoisotopic (exact) mass is 240 g/mol. The van der Waals surface area contributed by atoms with Crippen molar-refractivity contribution in [3.63, 3.8) is 0 Å². The summed E-state index contributed by atoms with van der Waals surface area (Å²) in [7, 11) is 1.45. The summed E-state index contributed by atoms with van der Waals surface area (Å²) in [5, 5.41) is 3.53. The van der Waals surface area contributed by atoms with Crippen molar-refractivity contribution < 1.29 is 9.63 Å². The van der Waals surface area contributed by atoms with Crippen molar-refractivity contribution in [3.05, 3.63) is 0 Å². The van der Waals surface area contributed by atoms with E-state index in [9.17, 15) is 4.79 Å². The van der Waals surface area contributed by atoms with Gasteiger partial charge in [-0.25, -0.2) is 0 Å². The van der Waals surface area contributed by atoms with Crippen molar-refractivity contribution >= 4 is 12.1 Å². The third-order valence-electron chi connectivity index (χ3n) is 3.53. The number of hydrogen-bond donors (Lipinski definition) is 0. The van der Waals surface area contributed by atoms with Gasteiger partial charge in [0.2, 0.25) is 0 Å². The fourth-order valence-electron chi connectivity index (χ4n) is 2.36. The lowest BCUT2D eigenvalue weighted by atomic mass is 9.77. The van der Waals surface area contributed by atoms with Gasteiger partial charge in [-0.2, -0.15) is 0 Å². The smallest absolute Gasteiger partial charge is 0.268 e. The maximum atomic E-state index is 11.8. The molecule has 0 radical (unpaired) electrons. The molecule has 1 aliphatic rings. The highest BCUT2D eigenvalue weighted by Gasteiger charge is 2.27. The van der Waals surface area contributed by atoms with Gasteiger partial charge >= 0.3 is 0 Å². The quantitative estimate of drug-likeness (QED) is 0.549. The van der Waals surface area contributed by atoms with Crippen molar-refractivity contribution in [2.75, 3.05) is 20.2 Å². The second kappa shape index (κ2) is 6.03. The standard InChI is InChI=1S/C13H24N2O2/c1-13(2,3)11-6-5-8-15(9-7-11)12(16)10-14-17-4/h10-11H,5-9H2,1-4H3. The average Bonchev–Trinajstić information content (AvgIpc) is 2.50. The molecule has 0 aromatic carbocycles. The Balaban J connectivity index is 2.53. The zero-order valence-electron chi connectivity index (χ0n) is 11.4. The van der Waals surface area contributed by atoms with E-state index in [1.54, 1.807) is 0 Å². The van der Waals surface area contributed by atoms with Crippen molar-refractivity contribution in [1.29, 1.82) is 0 Å². The summed E-state index contributed by atoms with van der Waals surface area (Å²) in [5.74, 6) is 0.654. The highest BCUT2D eigenvalue weighted by atomic mass is 16.6. The van der Waals surface area contributed by atoms with Crippen LogP contribution in [0.15, 0.2) is 5.16 Å². The van der Waals surface area contributed by atoms with Gasteiger partial charge in [0.15, 0.2) is 0 Å². The maximum absolute atomic E-state index is 11.8. The van der Waals surface area contributed by atoms with Crippen LogP contribution in [0.5, 0.6) is 0 Å². The van der Waals surface area contributed by atoms with E-state index in [0.29, 0.717) is 11.3 Å². The topological polar surface area (TPSA) is 41.9 Å². The van der Waals surface area contributed by atoms with Crippen LogP contribution in [0.4, 0.5) is 0 Å². The summed E-state index contributed by atoms with van der Waals surface area (Å²) in [6.07, 6.45) is 4.62. The predicted octanol–water partition coefficient (Wildman–Crippen LogP) is 2.29. The first kappa shape index (κ1) is 14.0. The molecule has 4 heteroatoms. The van der Waals surface area contributed by atoms with E-state index >= 15 is 0 Å². The SMILES string of the molecule is CON=CC(=O)N1CCCC(C(C)(C)C)CC1. The van der Waals surface area contributed by atoms with Gasteiger partial charge in [-0.15, -0.1) is 0 Å². The minimum Gasteiger partial charge on any atom is -0.399 e. The molecule has 0 N–H and O–H groups in total. The van der Waals surface area contributed by atoms with Crippen LogP contribution in [0.2, 0.25) is 0 Å². The van der Waals surface area contributed by atoms with Crippen molar-refractivity contribution in [2.24, 2.45) is 16.5 Å². The van der Waals surface area contributed by atoms with Gasteiger partial charge in [0, 0.05) is 13.1 Å². The Labute approximate surface area is 104 Å². The number of carbonyl (C=O) groups is 1. The number of oxime groups is 1. The number of likely N-dealkylation sites (tertiary alicyclic amines) is 1. The summed E-state index contributed by atoms with van der Waals surface area (Å²) in [4.78, 5) is 18.2. The molecule has 4 nitrogen and oxygen atoms in total. The van der Waals surface area contributed by atoms with E-state index in [-0.39, 0.29) is 5.91 Å². The van der Waals surface area contributed by atoms with Crippen LogP contribution in [-0.2, 0) is 9.63 Å². The minimum absolute atomic E-state index is 0.0404. The Hall–Kier alpha value is -1.06. The van der Waals surface area contributed by atoms with Crippen molar-refractivity contribution in [1.82, 2.24) is 4.90 Å². The van der Waals surface area contributed by atoms with Gasteiger partial charge in [-0.05, 0) is 30.6 Å². The van der Waals surface area contributed by atoms with E-state index < -0.39 is 0 Å². The van der Waals surface area contributed by atoms with Gasteiger partial charge in [0.05, 0.1) is 0 Å². The van der Waals surface area contributed by atoms with Gasteiger partial charge < -0.3 is 9.74 Å². The van der Waals surface area contributed by atoms with Crippen LogP contribution in [-0.4, -0.2) is 37.2 Å². The Morgan fingerprint density at radius 2 is 2.06 bits per heavy atom. The molecule has 0 bridgehead atoms. The molecule has 17 heavy (non-hydrogen) atoms. The van der Waals surface area contributed by atoms with Crippen LogP contribution >= 0.6 is 0 Å². The zero-order chi connectivity index (χ0) is 12.9. The zero-order valence-corrected chi connectivity index (χ0v) is 11.4. The predicted molar refractivity (Wildman–Crippen MR) is 68.9 cm³/mol. The molecule has 1 fully saturated rings. The van der Waals surface area contributed by atoms with Gasteiger partial charge in [0.25, 0.3) is 5.91 Å². The highest BCUT2D eigenvalue weighted by Crippen LogP contribution is 2.34. The van der Waals surface area contributed by atoms with Crippen LogP contribution < -0.4 is 0 Å². The molecule has 0 aliphatic carbocycles. The Morgan fingerprint density at radius 1 is 1.35 bits per heavy atom. The third kappa shape index (κ3) is 4.36. The van der Waals surface area contributed by atoms with Crippen LogP contribution in [0.1, 0.15) is 40.0 Å². The molecule has 1 saturated heterocycles. The lowest BCUT2D eigenvalue weighted by Crippen LogP contribution is -2.33. The largest absolute Gasteiger partial charge is 0.399 e. The first-order chi connectivity index (χ1) is 7.95. The van der Waals surface area contributed by atoms with E-state index in [1.165, 1.54) is 19.7 Å². The normalized spacial score (nSPS) is 22.6. The van der Waals surface area contributed by atoms with Gasteiger partial charge in [-0.1, -0.05) is 25.9 Å².